The first-order chi connectivity index (χ1) is 12.1. The molecular formula is C17H22N2O6S. The van der Waals surface area contributed by atoms with Crippen LogP contribution in [-0.2, 0) is 14.8 Å². The van der Waals surface area contributed by atoms with Crippen molar-refractivity contribution in [3.05, 3.63) is 35.4 Å². The van der Waals surface area contributed by atoms with Gasteiger partial charge in [-0.2, -0.15) is 0 Å². The third-order valence-electron chi connectivity index (χ3n) is 4.16. The first-order valence-electron chi connectivity index (χ1n) is 8.32. The first kappa shape index (κ1) is 20.1. The second kappa shape index (κ2) is 7.96. The molecule has 9 heteroatoms. The maximum Gasteiger partial charge on any atom is 0.321 e. The molecule has 26 heavy (non-hydrogen) atoms. The molecule has 2 N–H and O–H groups in total. The van der Waals surface area contributed by atoms with Crippen LogP contribution in [0.5, 0.6) is 0 Å². The van der Waals surface area contributed by atoms with Crippen molar-refractivity contribution in [2.75, 3.05) is 12.3 Å². The highest BCUT2D eigenvalue weighted by Gasteiger charge is 2.34. The molecule has 1 aliphatic rings. The van der Waals surface area contributed by atoms with Crippen molar-refractivity contribution in [3.63, 3.8) is 0 Å². The van der Waals surface area contributed by atoms with Crippen molar-refractivity contribution in [1.29, 1.82) is 0 Å². The predicted octanol–water partition coefficient (Wildman–Crippen LogP) is 1.09. The summed E-state index contributed by atoms with van der Waals surface area (Å²) in [5.74, 6) is -2.64. The molecule has 0 saturated carbocycles. The summed E-state index contributed by atoms with van der Waals surface area (Å²) >= 11 is 0. The average molecular weight is 382 g/mol. The molecule has 1 aliphatic heterocycles. The molecule has 0 aliphatic carbocycles. The van der Waals surface area contributed by atoms with Gasteiger partial charge in [0.25, 0.3) is 11.8 Å². The minimum Gasteiger partial charge on any atom is -0.480 e. The quantitative estimate of drug-likeness (QED) is 0.487. The molecular weight excluding hydrogens is 360 g/mol. The van der Waals surface area contributed by atoms with Gasteiger partial charge in [0.05, 0.1) is 16.9 Å². The molecule has 0 aromatic heterocycles. The van der Waals surface area contributed by atoms with Crippen LogP contribution in [0.25, 0.3) is 0 Å². The lowest BCUT2D eigenvalue weighted by molar-refractivity contribution is -0.140. The summed E-state index contributed by atoms with van der Waals surface area (Å²) in [6.07, 6.45) is 0.513. The summed E-state index contributed by atoms with van der Waals surface area (Å²) in [6.45, 7) is 3.35. The molecule has 8 nitrogen and oxygen atoms in total. The second-order valence-electron chi connectivity index (χ2n) is 6.51. The number of amides is 2. The highest BCUT2D eigenvalue weighted by Crippen LogP contribution is 2.22. The zero-order valence-electron chi connectivity index (χ0n) is 14.6. The topological polar surface area (TPSA) is 121 Å². The van der Waals surface area contributed by atoms with E-state index >= 15 is 0 Å². The fourth-order valence-corrected chi connectivity index (χ4v) is 4.19. The predicted molar refractivity (Wildman–Crippen MR) is 94.2 cm³/mol. The fourth-order valence-electron chi connectivity index (χ4n) is 2.73. The molecule has 1 heterocycles. The Bertz CT molecular complexity index is 783. The van der Waals surface area contributed by atoms with Crippen molar-refractivity contribution in [2.24, 2.45) is 5.92 Å². The van der Waals surface area contributed by atoms with E-state index in [2.05, 4.69) is 4.72 Å². The summed E-state index contributed by atoms with van der Waals surface area (Å²) in [6, 6.07) is 5.35. The number of hydrogen-bond acceptors (Lipinski definition) is 5. The maximum atomic E-state index is 12.2. The molecule has 0 fully saturated rings. The number of aliphatic carboxylic acids is 1. The fraction of sp³-hybridized carbons (Fsp3) is 0.471. The lowest BCUT2D eigenvalue weighted by Gasteiger charge is -2.18. The van der Waals surface area contributed by atoms with Crippen molar-refractivity contribution in [3.8, 4) is 0 Å². The molecule has 0 spiro atoms. The van der Waals surface area contributed by atoms with Crippen molar-refractivity contribution >= 4 is 27.8 Å². The summed E-state index contributed by atoms with van der Waals surface area (Å²) < 4.78 is 26.2. The minimum absolute atomic E-state index is 0.119. The molecule has 2 amide bonds. The van der Waals surface area contributed by atoms with E-state index in [0.717, 1.165) is 4.90 Å². The van der Waals surface area contributed by atoms with Crippen LogP contribution >= 0.6 is 0 Å². The second-order valence-corrected chi connectivity index (χ2v) is 8.38. The van der Waals surface area contributed by atoms with E-state index in [1.54, 1.807) is 38.1 Å². The van der Waals surface area contributed by atoms with Gasteiger partial charge >= 0.3 is 5.97 Å². The number of benzene rings is 1. The molecule has 2 rings (SSSR count). The van der Waals surface area contributed by atoms with Gasteiger partial charge in [-0.25, -0.2) is 13.1 Å². The number of hydrogen-bond donors (Lipinski definition) is 2. The van der Waals surface area contributed by atoms with Crippen molar-refractivity contribution < 1.29 is 27.9 Å². The van der Waals surface area contributed by atoms with Gasteiger partial charge < -0.3 is 5.11 Å². The minimum atomic E-state index is -3.77. The van der Waals surface area contributed by atoms with Gasteiger partial charge in [0.15, 0.2) is 0 Å². The average Bonchev–Trinajstić information content (AvgIpc) is 2.81. The van der Waals surface area contributed by atoms with E-state index < -0.39 is 22.0 Å². The maximum absolute atomic E-state index is 12.2. The number of carboxylic acid groups (broad SMARTS) is 1. The Morgan fingerprint density at radius 3 is 2.12 bits per heavy atom. The molecule has 142 valence electrons. The summed E-state index contributed by atoms with van der Waals surface area (Å²) in [4.78, 5) is 36.6. The van der Waals surface area contributed by atoms with Crippen LogP contribution < -0.4 is 4.72 Å². The summed E-state index contributed by atoms with van der Waals surface area (Å²) in [7, 11) is -3.77. The largest absolute Gasteiger partial charge is 0.480 e. The van der Waals surface area contributed by atoms with Crippen LogP contribution in [-0.4, -0.2) is 54.5 Å². The molecule has 1 aromatic carbocycles. The Morgan fingerprint density at radius 1 is 1.12 bits per heavy atom. The number of carboxylic acids is 1. The van der Waals surface area contributed by atoms with Gasteiger partial charge in [-0.3, -0.25) is 19.3 Å². The van der Waals surface area contributed by atoms with Gasteiger partial charge in [0, 0.05) is 6.54 Å². The van der Waals surface area contributed by atoms with E-state index in [4.69, 9.17) is 5.11 Å². The molecule has 0 radical (unpaired) electrons. The summed E-state index contributed by atoms with van der Waals surface area (Å²) in [5, 5.41) is 9.06. The van der Waals surface area contributed by atoms with E-state index in [-0.39, 0.29) is 36.5 Å². The lowest BCUT2D eigenvalue weighted by atomic mass is 10.1. The highest BCUT2D eigenvalue weighted by atomic mass is 32.2. The number of carbonyl (C=O) groups excluding carboxylic acids is 2. The Balaban J connectivity index is 1.86. The number of carbonyl (C=O) groups is 3. The molecule has 0 saturated heterocycles. The first-order valence-corrected chi connectivity index (χ1v) is 9.97. The number of nitrogens with one attached hydrogen (secondary N) is 1. The Kier molecular flexibility index (Phi) is 6.14. The Morgan fingerprint density at radius 2 is 1.65 bits per heavy atom. The van der Waals surface area contributed by atoms with Crippen molar-refractivity contribution in [1.82, 2.24) is 9.62 Å². The smallest absolute Gasteiger partial charge is 0.321 e. The van der Waals surface area contributed by atoms with E-state index in [1.807, 2.05) is 0 Å². The van der Waals surface area contributed by atoms with Gasteiger partial charge in [0.2, 0.25) is 10.0 Å². The standard InChI is InChI=1S/C17H22N2O6S/c1-11(2)14(17(22)23)18-26(24,25)10-6-5-9-19-15(20)12-7-3-4-8-13(12)16(19)21/h3-4,7-8,11,14,18H,5-6,9-10H2,1-2H3,(H,22,23)/t14-/m1/s1. The van der Waals surface area contributed by atoms with Crippen LogP contribution in [0.3, 0.4) is 0 Å². The Labute approximate surface area is 152 Å². The molecule has 0 bridgehead atoms. The number of sulfonamides is 1. The van der Waals surface area contributed by atoms with Crippen LogP contribution in [0.4, 0.5) is 0 Å². The van der Waals surface area contributed by atoms with Crippen molar-refractivity contribution in [2.45, 2.75) is 32.7 Å². The molecule has 1 aromatic rings. The normalized spacial score (nSPS) is 15.4. The monoisotopic (exact) mass is 382 g/mol. The SMILES string of the molecule is CC(C)[C@@H](NS(=O)(=O)CCCCN1C(=O)c2ccccc2C1=O)C(=O)O. The highest BCUT2D eigenvalue weighted by molar-refractivity contribution is 7.89. The van der Waals surface area contributed by atoms with Gasteiger partial charge in [-0.05, 0) is 30.9 Å². The van der Waals surface area contributed by atoms with Gasteiger partial charge in [-0.1, -0.05) is 26.0 Å². The van der Waals surface area contributed by atoms with E-state index in [1.165, 1.54) is 0 Å². The third kappa shape index (κ3) is 4.47. The van der Waals surface area contributed by atoms with Gasteiger partial charge in [0.1, 0.15) is 6.04 Å². The van der Waals surface area contributed by atoms with E-state index in [0.29, 0.717) is 17.5 Å². The zero-order valence-corrected chi connectivity index (χ0v) is 15.5. The number of fused-ring (bicyclic) bond motifs is 1. The third-order valence-corrected chi connectivity index (χ3v) is 5.60. The van der Waals surface area contributed by atoms with Crippen LogP contribution in [0, 0.1) is 5.92 Å². The van der Waals surface area contributed by atoms with Crippen LogP contribution in [0.2, 0.25) is 0 Å². The number of nitrogens with zero attached hydrogens (tertiary/aromatic N) is 1. The zero-order chi connectivity index (χ0) is 19.5. The van der Waals surface area contributed by atoms with Crippen LogP contribution in [0.1, 0.15) is 47.4 Å². The summed E-state index contributed by atoms with van der Waals surface area (Å²) in [5.41, 5.74) is 0.709. The van der Waals surface area contributed by atoms with Crippen LogP contribution in [0.15, 0.2) is 24.3 Å². The molecule has 1 atom stereocenters. The number of imide groups is 1. The molecule has 0 unspecified atom stereocenters. The number of rotatable bonds is 9. The van der Waals surface area contributed by atoms with Gasteiger partial charge in [-0.15, -0.1) is 0 Å². The lowest BCUT2D eigenvalue weighted by Crippen LogP contribution is -2.45. The Hall–Kier alpha value is -2.26. The number of unbranched alkanes of at least 4 members (excludes halogenated alkanes) is 1. The van der Waals surface area contributed by atoms with E-state index in [9.17, 15) is 22.8 Å².